The van der Waals surface area contributed by atoms with Crippen LogP contribution in [0.2, 0.25) is 10.0 Å². The highest BCUT2D eigenvalue weighted by Gasteiger charge is 2.10. The van der Waals surface area contributed by atoms with Crippen molar-refractivity contribution in [2.45, 2.75) is 26.7 Å². The maximum absolute atomic E-state index is 6.12. The summed E-state index contributed by atoms with van der Waals surface area (Å²) in [7, 11) is 0. The van der Waals surface area contributed by atoms with Crippen LogP contribution in [-0.2, 0) is 17.6 Å². The summed E-state index contributed by atoms with van der Waals surface area (Å²) in [5, 5.41) is 1.04. The first-order chi connectivity index (χ1) is 13.0. The molecule has 0 saturated heterocycles. The molecule has 5 nitrogen and oxygen atoms in total. The van der Waals surface area contributed by atoms with Gasteiger partial charge in [0.25, 0.3) is 0 Å². The predicted octanol–water partition coefficient (Wildman–Crippen LogP) is 4.76. The Morgan fingerprint density at radius 1 is 0.741 bits per heavy atom. The number of hydrogen-bond acceptors (Lipinski definition) is 5. The quantitative estimate of drug-likeness (QED) is 0.434. The molecular weight excluding hydrogens is 387 g/mol. The van der Waals surface area contributed by atoms with Crippen molar-refractivity contribution in [3.8, 4) is 11.5 Å². The molecule has 0 amide bonds. The zero-order chi connectivity index (χ0) is 19.8. The lowest BCUT2D eigenvalue weighted by atomic mass is 10.1. The first-order valence-corrected chi connectivity index (χ1v) is 9.70. The highest BCUT2D eigenvalue weighted by Crippen LogP contribution is 2.30. The molecule has 4 N–H and O–H groups in total. The monoisotopic (exact) mass is 412 g/mol. The SMILES string of the molecule is CCOc1cc(N)c(Cl)cc1CCOCCc1cc(Cl)c(N)cc1OCC. The van der Waals surface area contributed by atoms with E-state index in [-0.39, 0.29) is 0 Å². The van der Waals surface area contributed by atoms with E-state index < -0.39 is 0 Å². The fourth-order valence-electron chi connectivity index (χ4n) is 2.66. The van der Waals surface area contributed by atoms with Crippen LogP contribution in [0.5, 0.6) is 11.5 Å². The van der Waals surface area contributed by atoms with Crippen molar-refractivity contribution in [2.75, 3.05) is 37.9 Å². The zero-order valence-electron chi connectivity index (χ0n) is 15.7. The van der Waals surface area contributed by atoms with Crippen LogP contribution in [0.1, 0.15) is 25.0 Å². The Morgan fingerprint density at radius 3 is 1.52 bits per heavy atom. The maximum atomic E-state index is 6.12. The van der Waals surface area contributed by atoms with Crippen molar-refractivity contribution >= 4 is 34.6 Å². The van der Waals surface area contributed by atoms with Gasteiger partial charge in [0.15, 0.2) is 0 Å². The number of benzene rings is 2. The van der Waals surface area contributed by atoms with Crippen LogP contribution in [0.3, 0.4) is 0 Å². The zero-order valence-corrected chi connectivity index (χ0v) is 17.2. The summed E-state index contributed by atoms with van der Waals surface area (Å²) in [5.41, 5.74) is 14.7. The number of hydrogen-bond donors (Lipinski definition) is 2. The van der Waals surface area contributed by atoms with Gasteiger partial charge in [-0.05, 0) is 49.9 Å². The Morgan fingerprint density at radius 2 is 1.15 bits per heavy atom. The largest absolute Gasteiger partial charge is 0.494 e. The molecule has 0 aromatic heterocycles. The van der Waals surface area contributed by atoms with Gasteiger partial charge in [-0.25, -0.2) is 0 Å². The lowest BCUT2D eigenvalue weighted by Gasteiger charge is -2.14. The van der Waals surface area contributed by atoms with Crippen molar-refractivity contribution < 1.29 is 14.2 Å². The molecule has 2 rings (SSSR count). The van der Waals surface area contributed by atoms with Crippen LogP contribution in [0.4, 0.5) is 11.4 Å². The van der Waals surface area contributed by atoms with Crippen molar-refractivity contribution in [3.63, 3.8) is 0 Å². The van der Waals surface area contributed by atoms with Gasteiger partial charge >= 0.3 is 0 Å². The Kier molecular flexibility index (Phi) is 8.35. The van der Waals surface area contributed by atoms with Gasteiger partial charge in [-0.3, -0.25) is 0 Å². The Balaban J connectivity index is 1.91. The van der Waals surface area contributed by atoms with Gasteiger partial charge in [-0.1, -0.05) is 23.2 Å². The first-order valence-electron chi connectivity index (χ1n) is 8.95. The maximum Gasteiger partial charge on any atom is 0.124 e. The number of anilines is 2. The van der Waals surface area contributed by atoms with Gasteiger partial charge in [-0.2, -0.15) is 0 Å². The van der Waals surface area contributed by atoms with E-state index in [2.05, 4.69) is 0 Å². The van der Waals surface area contributed by atoms with Gasteiger partial charge in [0, 0.05) is 12.1 Å². The summed E-state index contributed by atoms with van der Waals surface area (Å²) in [6, 6.07) is 7.17. The molecule has 0 aliphatic heterocycles. The van der Waals surface area contributed by atoms with E-state index in [0.717, 1.165) is 22.6 Å². The van der Waals surface area contributed by atoms with Crippen molar-refractivity contribution in [1.29, 1.82) is 0 Å². The molecule has 0 bridgehead atoms. The average molecular weight is 413 g/mol. The molecule has 0 fully saturated rings. The van der Waals surface area contributed by atoms with E-state index in [0.29, 0.717) is 60.7 Å². The summed E-state index contributed by atoms with van der Waals surface area (Å²) in [6.07, 6.45) is 1.35. The lowest BCUT2D eigenvalue weighted by molar-refractivity contribution is 0.139. The third kappa shape index (κ3) is 6.09. The van der Waals surface area contributed by atoms with Crippen molar-refractivity contribution in [3.05, 3.63) is 45.4 Å². The number of nitrogen functional groups attached to an aromatic ring is 2. The summed E-state index contributed by atoms with van der Waals surface area (Å²) >= 11 is 12.2. The number of rotatable bonds is 10. The molecule has 0 saturated carbocycles. The molecule has 27 heavy (non-hydrogen) atoms. The molecule has 7 heteroatoms. The number of halogens is 2. The minimum atomic E-state index is 0.508. The van der Waals surface area contributed by atoms with Crippen LogP contribution in [-0.4, -0.2) is 26.4 Å². The minimum Gasteiger partial charge on any atom is -0.494 e. The van der Waals surface area contributed by atoms with E-state index >= 15 is 0 Å². The van der Waals surface area contributed by atoms with E-state index in [1.54, 1.807) is 12.1 Å². The fourth-order valence-corrected chi connectivity index (χ4v) is 3.03. The highest BCUT2D eigenvalue weighted by atomic mass is 35.5. The smallest absolute Gasteiger partial charge is 0.124 e. The molecule has 0 unspecified atom stereocenters. The second-order valence-electron chi connectivity index (χ2n) is 5.94. The van der Waals surface area contributed by atoms with E-state index in [9.17, 15) is 0 Å². The topological polar surface area (TPSA) is 79.7 Å². The van der Waals surface area contributed by atoms with Crippen LogP contribution in [0.25, 0.3) is 0 Å². The van der Waals surface area contributed by atoms with Gasteiger partial charge in [0.1, 0.15) is 11.5 Å². The van der Waals surface area contributed by atoms with Gasteiger partial charge in [-0.15, -0.1) is 0 Å². The highest BCUT2D eigenvalue weighted by molar-refractivity contribution is 6.33. The second kappa shape index (κ2) is 10.5. The molecular formula is C20H26Cl2N2O3. The minimum absolute atomic E-state index is 0.508. The van der Waals surface area contributed by atoms with Crippen LogP contribution in [0.15, 0.2) is 24.3 Å². The predicted molar refractivity (Wildman–Crippen MR) is 112 cm³/mol. The first kappa shape index (κ1) is 21.5. The third-order valence-electron chi connectivity index (χ3n) is 3.99. The van der Waals surface area contributed by atoms with Crippen molar-refractivity contribution in [2.24, 2.45) is 0 Å². The normalized spacial score (nSPS) is 10.8. The van der Waals surface area contributed by atoms with Crippen LogP contribution >= 0.6 is 23.2 Å². The van der Waals surface area contributed by atoms with E-state index in [4.69, 9.17) is 48.9 Å². The third-order valence-corrected chi connectivity index (χ3v) is 4.65. The summed E-state index contributed by atoms with van der Waals surface area (Å²) in [4.78, 5) is 0. The molecule has 0 spiro atoms. The number of nitrogens with two attached hydrogens (primary N) is 2. The Labute approximate surface area is 170 Å². The molecule has 0 aliphatic rings. The Hall–Kier alpha value is -1.82. The Bertz CT molecular complexity index is 706. The van der Waals surface area contributed by atoms with Crippen molar-refractivity contribution in [1.82, 2.24) is 0 Å². The van der Waals surface area contributed by atoms with Gasteiger partial charge < -0.3 is 25.7 Å². The molecule has 148 valence electrons. The molecule has 2 aromatic carbocycles. The molecule has 2 aromatic rings. The molecule has 0 aliphatic carbocycles. The van der Waals surface area contributed by atoms with E-state index in [1.165, 1.54) is 0 Å². The standard InChI is InChI=1S/C20H26Cl2N2O3/c1-3-26-19-11-17(23)15(21)9-13(19)5-7-25-8-6-14-10-16(22)18(24)12-20(14)27-4-2/h9-12H,3-8,23-24H2,1-2H3. The molecule has 0 atom stereocenters. The summed E-state index contributed by atoms with van der Waals surface area (Å²) < 4.78 is 17.0. The van der Waals surface area contributed by atoms with Crippen LogP contribution < -0.4 is 20.9 Å². The molecule has 0 heterocycles. The van der Waals surface area contributed by atoms with Gasteiger partial charge in [0.2, 0.25) is 0 Å². The van der Waals surface area contributed by atoms with Gasteiger partial charge in [0.05, 0.1) is 47.8 Å². The van der Waals surface area contributed by atoms with E-state index in [1.807, 2.05) is 26.0 Å². The summed E-state index contributed by atoms with van der Waals surface area (Å²) in [6.45, 7) is 6.05. The fraction of sp³-hybridized carbons (Fsp3) is 0.400. The molecule has 0 radical (unpaired) electrons. The lowest BCUT2D eigenvalue weighted by Crippen LogP contribution is -2.07. The number of ether oxygens (including phenoxy) is 3. The average Bonchev–Trinajstić information content (AvgIpc) is 2.63. The second-order valence-corrected chi connectivity index (χ2v) is 6.76. The summed E-state index contributed by atoms with van der Waals surface area (Å²) in [5.74, 6) is 1.49. The van der Waals surface area contributed by atoms with Crippen LogP contribution in [0, 0.1) is 0 Å².